The number of nitrogens with one attached hydrogen (secondary N) is 1. The second-order valence-electron chi connectivity index (χ2n) is 4.93. The molecule has 0 rings (SSSR count). The lowest BCUT2D eigenvalue weighted by molar-refractivity contribution is -0.139. The molecule has 0 radical (unpaired) electrons. The van der Waals surface area contributed by atoms with Crippen LogP contribution >= 0.6 is 0 Å². The number of aliphatic carboxylic acids is 2. The summed E-state index contributed by atoms with van der Waals surface area (Å²) in [7, 11) is 0. The average Bonchev–Trinajstić information content (AvgIpc) is 2.39. The van der Waals surface area contributed by atoms with Gasteiger partial charge in [0.15, 0.2) is 0 Å². The van der Waals surface area contributed by atoms with Crippen molar-refractivity contribution >= 4 is 17.7 Å². The summed E-state index contributed by atoms with van der Waals surface area (Å²) >= 11 is 0. The molecule has 0 amide bonds. The molecule has 0 saturated heterocycles. The van der Waals surface area contributed by atoms with Crippen molar-refractivity contribution in [3.05, 3.63) is 0 Å². The Hall–Kier alpha value is -1.55. The van der Waals surface area contributed by atoms with Crippen LogP contribution in [0, 0.1) is 0 Å². The van der Waals surface area contributed by atoms with E-state index in [4.69, 9.17) is 25.4 Å². The summed E-state index contributed by atoms with van der Waals surface area (Å²) in [5.41, 5.74) is 4.88. The number of carbonyl (C=O) groups is 3. The summed E-state index contributed by atoms with van der Waals surface area (Å²) in [5, 5.41) is 20.0. The summed E-state index contributed by atoms with van der Waals surface area (Å²) in [6.07, 6.45) is -0.0248. The van der Waals surface area contributed by atoms with Gasteiger partial charge in [-0.25, -0.2) is 0 Å². The fourth-order valence-electron chi connectivity index (χ4n) is 1.45. The minimum atomic E-state index is -1.15. The summed E-state index contributed by atoms with van der Waals surface area (Å²) in [6.45, 7) is 1.71. The van der Waals surface area contributed by atoms with E-state index >= 15 is 0 Å². The first-order chi connectivity index (χ1) is 10.2. The maximum atomic E-state index is 10.8. The van der Waals surface area contributed by atoms with E-state index in [1.54, 1.807) is 0 Å². The number of hydrogen-bond acceptors (Lipinski definition) is 7. The van der Waals surface area contributed by atoms with Crippen molar-refractivity contribution in [1.29, 1.82) is 0 Å². The molecule has 0 aromatic heterocycles. The smallest absolute Gasteiger partial charge is 0.305 e. The molecule has 0 bridgehead atoms. The van der Waals surface area contributed by atoms with Crippen molar-refractivity contribution in [1.82, 2.24) is 5.32 Å². The van der Waals surface area contributed by atoms with Gasteiger partial charge in [0.25, 0.3) is 0 Å². The third-order valence-corrected chi connectivity index (χ3v) is 2.59. The van der Waals surface area contributed by atoms with Crippen LogP contribution in [0.2, 0.25) is 0 Å². The zero-order valence-electron chi connectivity index (χ0n) is 12.7. The summed E-state index contributed by atoms with van der Waals surface area (Å²) in [5.74, 6) is -1.97. The number of carboxylic acids is 2. The second kappa shape index (κ2) is 11.1. The van der Waals surface area contributed by atoms with E-state index < -0.39 is 17.6 Å². The number of carbonyl (C=O) groups excluding carboxylic acids is 1. The van der Waals surface area contributed by atoms with E-state index in [0.29, 0.717) is 0 Å². The van der Waals surface area contributed by atoms with Gasteiger partial charge in [0.2, 0.25) is 0 Å². The standard InChI is InChI=1S/C13H24N2O7/c1-10(16)3-6-21-8-13(14,15-5-2-11(17)18)9-22-7-4-12(19)20/h15H,2-9,14H2,1H3,(H,17,18)(H,19,20). The molecule has 0 heterocycles. The molecule has 0 aliphatic rings. The van der Waals surface area contributed by atoms with Gasteiger partial charge in [-0.05, 0) is 6.92 Å². The largest absolute Gasteiger partial charge is 0.481 e. The Labute approximate surface area is 128 Å². The Bertz CT molecular complexity index is 351. The monoisotopic (exact) mass is 320 g/mol. The number of nitrogens with two attached hydrogens (primary N) is 1. The van der Waals surface area contributed by atoms with Crippen LogP contribution in [0.4, 0.5) is 0 Å². The van der Waals surface area contributed by atoms with Crippen LogP contribution < -0.4 is 11.1 Å². The number of hydrogen-bond donors (Lipinski definition) is 4. The minimum absolute atomic E-state index is 0.00692. The molecule has 0 aliphatic carbocycles. The molecule has 0 aromatic rings. The maximum absolute atomic E-state index is 10.8. The van der Waals surface area contributed by atoms with Gasteiger partial charge in [0, 0.05) is 13.0 Å². The normalized spacial score (nSPS) is 13.5. The molecule has 5 N–H and O–H groups in total. The number of ether oxygens (including phenoxy) is 2. The van der Waals surface area contributed by atoms with E-state index in [-0.39, 0.29) is 58.0 Å². The molecule has 22 heavy (non-hydrogen) atoms. The van der Waals surface area contributed by atoms with Crippen LogP contribution in [0.3, 0.4) is 0 Å². The number of Topliss-reactive ketones (excluding diaryl/α,β-unsaturated/α-hetero) is 1. The average molecular weight is 320 g/mol. The molecule has 0 aromatic carbocycles. The van der Waals surface area contributed by atoms with Crippen molar-refractivity contribution in [2.75, 3.05) is 33.0 Å². The highest BCUT2D eigenvalue weighted by Gasteiger charge is 2.25. The number of carboxylic acid groups (broad SMARTS) is 2. The Balaban J connectivity index is 4.23. The SMILES string of the molecule is CC(=O)CCOCC(N)(COCCC(=O)O)NCCC(=O)O. The lowest BCUT2D eigenvalue weighted by atomic mass is 10.2. The van der Waals surface area contributed by atoms with Gasteiger partial charge >= 0.3 is 11.9 Å². The summed E-state index contributed by atoms with van der Waals surface area (Å²) in [6, 6.07) is 0. The van der Waals surface area contributed by atoms with E-state index in [1.807, 2.05) is 0 Å². The molecular weight excluding hydrogens is 296 g/mol. The van der Waals surface area contributed by atoms with Gasteiger partial charge in [-0.15, -0.1) is 0 Å². The van der Waals surface area contributed by atoms with Crippen molar-refractivity contribution in [3.8, 4) is 0 Å². The topological polar surface area (TPSA) is 148 Å². The van der Waals surface area contributed by atoms with Crippen molar-refractivity contribution in [3.63, 3.8) is 0 Å². The molecule has 0 aliphatic heterocycles. The van der Waals surface area contributed by atoms with Gasteiger partial charge in [-0.3, -0.25) is 19.7 Å². The molecule has 1 unspecified atom stereocenters. The lowest BCUT2D eigenvalue weighted by Crippen LogP contribution is -2.61. The van der Waals surface area contributed by atoms with E-state index in [9.17, 15) is 14.4 Å². The Kier molecular flexibility index (Phi) is 10.3. The van der Waals surface area contributed by atoms with Gasteiger partial charge in [0.05, 0.1) is 39.3 Å². The third kappa shape index (κ3) is 12.2. The zero-order valence-corrected chi connectivity index (χ0v) is 12.7. The second-order valence-corrected chi connectivity index (χ2v) is 4.93. The molecule has 0 fully saturated rings. The fourth-order valence-corrected chi connectivity index (χ4v) is 1.45. The van der Waals surface area contributed by atoms with E-state index in [0.717, 1.165) is 0 Å². The van der Waals surface area contributed by atoms with Crippen LogP contribution in [0.15, 0.2) is 0 Å². The molecule has 9 nitrogen and oxygen atoms in total. The van der Waals surface area contributed by atoms with Crippen molar-refractivity contribution in [2.24, 2.45) is 5.73 Å². The lowest BCUT2D eigenvalue weighted by Gasteiger charge is -2.30. The van der Waals surface area contributed by atoms with Crippen LogP contribution in [0.25, 0.3) is 0 Å². The van der Waals surface area contributed by atoms with Gasteiger partial charge in [0.1, 0.15) is 11.4 Å². The van der Waals surface area contributed by atoms with Gasteiger partial charge in [-0.1, -0.05) is 0 Å². The molecule has 0 spiro atoms. The molecule has 0 saturated carbocycles. The Morgan fingerprint density at radius 1 is 1.00 bits per heavy atom. The zero-order chi connectivity index (χ0) is 17.0. The molecule has 1 atom stereocenters. The van der Waals surface area contributed by atoms with Crippen LogP contribution in [0.1, 0.15) is 26.2 Å². The summed E-state index contributed by atoms with van der Waals surface area (Å²) < 4.78 is 10.5. The maximum Gasteiger partial charge on any atom is 0.305 e. The van der Waals surface area contributed by atoms with Crippen molar-refractivity contribution in [2.45, 2.75) is 31.8 Å². The first-order valence-corrected chi connectivity index (χ1v) is 6.87. The molecular formula is C13H24N2O7. The van der Waals surface area contributed by atoms with Gasteiger partial charge in [-0.2, -0.15) is 0 Å². The van der Waals surface area contributed by atoms with Gasteiger partial charge < -0.3 is 25.4 Å². The van der Waals surface area contributed by atoms with Crippen LogP contribution in [-0.4, -0.2) is 66.6 Å². The summed E-state index contributed by atoms with van der Waals surface area (Å²) in [4.78, 5) is 31.7. The highest BCUT2D eigenvalue weighted by atomic mass is 16.5. The first-order valence-electron chi connectivity index (χ1n) is 6.87. The molecule has 128 valence electrons. The highest BCUT2D eigenvalue weighted by Crippen LogP contribution is 2.01. The van der Waals surface area contributed by atoms with Crippen LogP contribution in [0.5, 0.6) is 0 Å². The molecule has 9 heteroatoms. The number of rotatable bonds is 14. The number of ketones is 1. The quantitative estimate of drug-likeness (QED) is 0.238. The Morgan fingerprint density at radius 3 is 1.95 bits per heavy atom. The highest BCUT2D eigenvalue weighted by molar-refractivity contribution is 5.75. The predicted octanol–water partition coefficient (Wildman–Crippen LogP) is -0.807. The fraction of sp³-hybridized carbons (Fsp3) is 0.769. The third-order valence-electron chi connectivity index (χ3n) is 2.59. The van der Waals surface area contributed by atoms with E-state index in [1.165, 1.54) is 6.92 Å². The van der Waals surface area contributed by atoms with Crippen molar-refractivity contribution < 1.29 is 34.1 Å². The Morgan fingerprint density at radius 2 is 1.50 bits per heavy atom. The first kappa shape index (κ1) is 20.5. The van der Waals surface area contributed by atoms with Crippen LogP contribution in [-0.2, 0) is 23.9 Å². The van der Waals surface area contributed by atoms with E-state index in [2.05, 4.69) is 5.32 Å². The predicted molar refractivity (Wildman–Crippen MR) is 76.4 cm³/mol. The minimum Gasteiger partial charge on any atom is -0.481 e.